The molecule has 1 aromatic heterocycles. The number of ether oxygens (including phenoxy) is 3. The Kier molecular flexibility index (Phi) is 5.93. The molecule has 3 aromatic rings. The average Bonchev–Trinajstić information content (AvgIpc) is 2.72. The molecule has 0 bridgehead atoms. The second-order valence-electron chi connectivity index (χ2n) is 6.11. The Labute approximate surface area is 162 Å². The normalized spacial score (nSPS) is 10.7. The van der Waals surface area contributed by atoms with Gasteiger partial charge in [0, 0.05) is 6.54 Å². The Morgan fingerprint density at radius 3 is 2.46 bits per heavy atom. The van der Waals surface area contributed by atoms with Crippen molar-refractivity contribution in [1.29, 1.82) is 0 Å². The highest BCUT2D eigenvalue weighted by Gasteiger charge is 2.12. The van der Waals surface area contributed by atoms with Crippen LogP contribution in [0.1, 0.15) is 23.0 Å². The third kappa shape index (κ3) is 4.14. The SMILES string of the molecule is CCn1c(=O)c(C)nc2cc(C(=O)OCCOc3ccc(OC)cc3)ccc21. The summed E-state index contributed by atoms with van der Waals surface area (Å²) in [4.78, 5) is 28.7. The quantitative estimate of drug-likeness (QED) is 0.462. The van der Waals surface area contributed by atoms with Gasteiger partial charge in [0.2, 0.25) is 0 Å². The number of carbonyl (C=O) groups is 1. The fourth-order valence-electron chi connectivity index (χ4n) is 2.86. The highest BCUT2D eigenvalue weighted by molar-refractivity contribution is 5.93. The van der Waals surface area contributed by atoms with Crippen molar-refractivity contribution in [2.75, 3.05) is 20.3 Å². The van der Waals surface area contributed by atoms with E-state index in [0.717, 1.165) is 5.75 Å². The molecule has 28 heavy (non-hydrogen) atoms. The van der Waals surface area contributed by atoms with Crippen LogP contribution >= 0.6 is 0 Å². The van der Waals surface area contributed by atoms with Crippen LogP contribution < -0.4 is 15.0 Å². The lowest BCUT2D eigenvalue weighted by atomic mass is 10.2. The van der Waals surface area contributed by atoms with E-state index in [2.05, 4.69) is 4.98 Å². The molecule has 0 fully saturated rings. The number of fused-ring (bicyclic) bond motifs is 1. The van der Waals surface area contributed by atoms with Crippen molar-refractivity contribution in [2.24, 2.45) is 0 Å². The number of carbonyl (C=O) groups excluding carboxylic acids is 1. The molecule has 146 valence electrons. The Morgan fingerprint density at radius 1 is 1.07 bits per heavy atom. The van der Waals surface area contributed by atoms with Crippen LogP contribution in [-0.4, -0.2) is 35.8 Å². The molecule has 0 N–H and O–H groups in total. The van der Waals surface area contributed by atoms with Crippen LogP contribution in [0, 0.1) is 6.92 Å². The topological polar surface area (TPSA) is 79.7 Å². The largest absolute Gasteiger partial charge is 0.497 e. The minimum absolute atomic E-state index is 0.115. The fraction of sp³-hybridized carbons (Fsp3) is 0.286. The lowest BCUT2D eigenvalue weighted by Gasteiger charge is -2.10. The third-order valence-electron chi connectivity index (χ3n) is 4.31. The first-order valence-electron chi connectivity index (χ1n) is 8.98. The van der Waals surface area contributed by atoms with E-state index in [1.807, 2.05) is 6.92 Å². The number of aryl methyl sites for hydroxylation is 2. The van der Waals surface area contributed by atoms with Crippen molar-refractivity contribution in [2.45, 2.75) is 20.4 Å². The minimum Gasteiger partial charge on any atom is -0.497 e. The zero-order chi connectivity index (χ0) is 20.1. The molecule has 0 aliphatic heterocycles. The zero-order valence-electron chi connectivity index (χ0n) is 16.1. The van der Waals surface area contributed by atoms with E-state index in [1.54, 1.807) is 61.1 Å². The van der Waals surface area contributed by atoms with Gasteiger partial charge in [0.05, 0.1) is 23.7 Å². The van der Waals surface area contributed by atoms with Gasteiger partial charge >= 0.3 is 5.97 Å². The first kappa shape index (κ1) is 19.4. The summed E-state index contributed by atoms with van der Waals surface area (Å²) in [6, 6.07) is 12.1. The van der Waals surface area contributed by atoms with Crippen molar-refractivity contribution < 1.29 is 19.0 Å². The van der Waals surface area contributed by atoms with Gasteiger partial charge in [-0.05, 0) is 56.3 Å². The van der Waals surface area contributed by atoms with Crippen molar-refractivity contribution in [3.8, 4) is 11.5 Å². The highest BCUT2D eigenvalue weighted by Crippen LogP contribution is 2.17. The molecule has 0 spiro atoms. The van der Waals surface area contributed by atoms with Crippen molar-refractivity contribution in [3.05, 3.63) is 64.1 Å². The van der Waals surface area contributed by atoms with Crippen LogP contribution in [0.25, 0.3) is 11.0 Å². The number of rotatable bonds is 7. The number of aromatic nitrogens is 2. The molecule has 0 unspecified atom stereocenters. The maximum atomic E-state index is 12.3. The maximum absolute atomic E-state index is 12.3. The lowest BCUT2D eigenvalue weighted by Crippen LogP contribution is -2.23. The summed E-state index contributed by atoms with van der Waals surface area (Å²) in [5, 5.41) is 0. The molecule has 0 aliphatic carbocycles. The number of hydrogen-bond donors (Lipinski definition) is 0. The monoisotopic (exact) mass is 382 g/mol. The average molecular weight is 382 g/mol. The standard InChI is InChI=1S/C21H22N2O5/c1-4-23-19-10-5-15(13-18(19)22-14(2)20(23)24)21(25)28-12-11-27-17-8-6-16(26-3)7-9-17/h5-10,13H,4,11-12H2,1-3H3. The number of hydrogen-bond acceptors (Lipinski definition) is 6. The number of methoxy groups -OCH3 is 1. The lowest BCUT2D eigenvalue weighted by molar-refractivity contribution is 0.0450. The van der Waals surface area contributed by atoms with Crippen LogP contribution in [-0.2, 0) is 11.3 Å². The van der Waals surface area contributed by atoms with Gasteiger partial charge in [-0.2, -0.15) is 0 Å². The van der Waals surface area contributed by atoms with Crippen molar-refractivity contribution >= 4 is 17.0 Å². The molecular weight excluding hydrogens is 360 g/mol. The Hall–Kier alpha value is -3.35. The first-order valence-corrected chi connectivity index (χ1v) is 8.98. The smallest absolute Gasteiger partial charge is 0.338 e. The summed E-state index contributed by atoms with van der Waals surface area (Å²) < 4.78 is 17.5. The van der Waals surface area contributed by atoms with Crippen LogP contribution in [0.3, 0.4) is 0 Å². The molecule has 7 nitrogen and oxygen atoms in total. The molecule has 0 radical (unpaired) electrons. The van der Waals surface area contributed by atoms with Crippen molar-refractivity contribution in [3.63, 3.8) is 0 Å². The van der Waals surface area contributed by atoms with Gasteiger partial charge in [-0.1, -0.05) is 0 Å². The predicted molar refractivity (Wildman–Crippen MR) is 105 cm³/mol. The molecule has 0 saturated heterocycles. The molecule has 1 heterocycles. The Bertz CT molecular complexity index is 1040. The molecule has 0 aliphatic rings. The molecule has 2 aromatic carbocycles. The number of nitrogens with zero attached hydrogens (tertiary/aromatic N) is 2. The summed E-state index contributed by atoms with van der Waals surface area (Å²) in [7, 11) is 1.60. The van der Waals surface area contributed by atoms with Gasteiger partial charge in [-0.15, -0.1) is 0 Å². The maximum Gasteiger partial charge on any atom is 0.338 e. The Morgan fingerprint density at radius 2 is 1.79 bits per heavy atom. The van der Waals surface area contributed by atoms with Gasteiger partial charge in [0.15, 0.2) is 0 Å². The molecule has 0 amide bonds. The molecule has 3 rings (SSSR count). The summed E-state index contributed by atoms with van der Waals surface area (Å²) in [5.74, 6) is 0.945. The Balaban J connectivity index is 1.63. The van der Waals surface area contributed by atoms with E-state index in [-0.39, 0.29) is 18.8 Å². The second kappa shape index (κ2) is 8.56. The van der Waals surface area contributed by atoms with Crippen molar-refractivity contribution in [1.82, 2.24) is 9.55 Å². The van der Waals surface area contributed by atoms with Gasteiger partial charge in [0.1, 0.15) is 30.4 Å². The number of esters is 1. The third-order valence-corrected chi connectivity index (χ3v) is 4.31. The second-order valence-corrected chi connectivity index (χ2v) is 6.11. The van der Waals surface area contributed by atoms with E-state index in [4.69, 9.17) is 14.2 Å². The summed E-state index contributed by atoms with van der Waals surface area (Å²) in [6.07, 6.45) is 0. The number of benzene rings is 2. The van der Waals surface area contributed by atoms with E-state index < -0.39 is 5.97 Å². The predicted octanol–water partition coefficient (Wildman–Crippen LogP) is 2.97. The van der Waals surface area contributed by atoms with Crippen LogP contribution in [0.2, 0.25) is 0 Å². The highest BCUT2D eigenvalue weighted by atomic mass is 16.6. The summed E-state index contributed by atoms with van der Waals surface area (Å²) >= 11 is 0. The van der Waals surface area contributed by atoms with E-state index in [9.17, 15) is 9.59 Å². The molecule has 0 saturated carbocycles. The van der Waals surface area contributed by atoms with E-state index in [0.29, 0.717) is 34.6 Å². The van der Waals surface area contributed by atoms with Gasteiger partial charge in [-0.25, -0.2) is 9.78 Å². The van der Waals surface area contributed by atoms with Crippen LogP contribution in [0.5, 0.6) is 11.5 Å². The minimum atomic E-state index is -0.464. The molecular formula is C21H22N2O5. The van der Waals surface area contributed by atoms with E-state index in [1.165, 1.54) is 0 Å². The van der Waals surface area contributed by atoms with Gasteiger partial charge in [0.25, 0.3) is 5.56 Å². The zero-order valence-corrected chi connectivity index (χ0v) is 16.1. The van der Waals surface area contributed by atoms with Gasteiger partial charge < -0.3 is 18.8 Å². The van der Waals surface area contributed by atoms with Crippen LogP contribution in [0.15, 0.2) is 47.3 Å². The molecule has 7 heteroatoms. The first-order chi connectivity index (χ1) is 13.5. The van der Waals surface area contributed by atoms with E-state index >= 15 is 0 Å². The van der Waals surface area contributed by atoms with Gasteiger partial charge in [-0.3, -0.25) is 4.79 Å². The van der Waals surface area contributed by atoms with Crippen LogP contribution in [0.4, 0.5) is 0 Å². The summed E-state index contributed by atoms with van der Waals surface area (Å²) in [6.45, 7) is 4.44. The fourth-order valence-corrected chi connectivity index (χ4v) is 2.86. The summed E-state index contributed by atoms with van der Waals surface area (Å²) in [5.41, 5.74) is 1.93. The molecule has 0 atom stereocenters.